The molecule has 0 aliphatic heterocycles. The molecule has 0 radical (unpaired) electrons. The zero-order valence-corrected chi connectivity index (χ0v) is 16.0. The smallest absolute Gasteiger partial charge is 0.274 e. The van der Waals surface area contributed by atoms with Crippen LogP contribution in [0.3, 0.4) is 0 Å². The molecule has 0 aliphatic rings. The van der Waals surface area contributed by atoms with Gasteiger partial charge in [-0.2, -0.15) is 4.98 Å². The number of pyridine rings is 1. The van der Waals surface area contributed by atoms with E-state index < -0.39 is 34.6 Å². The summed E-state index contributed by atoms with van der Waals surface area (Å²) in [6.45, 7) is 1.09. The van der Waals surface area contributed by atoms with E-state index in [1.807, 2.05) is 7.05 Å². The van der Waals surface area contributed by atoms with Gasteiger partial charge < -0.3 is 15.4 Å². The molecule has 2 N–H and O–H groups in total. The predicted octanol–water partition coefficient (Wildman–Crippen LogP) is 3.20. The number of aromatic nitrogens is 3. The second kappa shape index (κ2) is 9.79. The molecule has 2 aromatic heterocycles. The third-order valence-corrected chi connectivity index (χ3v) is 4.01. The van der Waals surface area contributed by atoms with Gasteiger partial charge in [-0.15, -0.1) is 0 Å². The van der Waals surface area contributed by atoms with Gasteiger partial charge in [0.25, 0.3) is 5.91 Å². The number of carbonyl (C=O) groups is 1. The maximum Gasteiger partial charge on any atom is 0.274 e. The van der Waals surface area contributed by atoms with Crippen LogP contribution in [0.25, 0.3) is 11.3 Å². The van der Waals surface area contributed by atoms with Crippen molar-refractivity contribution in [1.82, 2.24) is 20.3 Å². The molecule has 0 unspecified atom stereocenters. The van der Waals surface area contributed by atoms with Crippen molar-refractivity contribution < 1.29 is 22.7 Å². The number of hydrogen-bond donors (Lipinski definition) is 2. The van der Waals surface area contributed by atoms with Crippen molar-refractivity contribution in [2.24, 2.45) is 0 Å². The lowest BCUT2D eigenvalue weighted by molar-refractivity contribution is 0.102. The topological polar surface area (TPSA) is 89.0 Å². The van der Waals surface area contributed by atoms with Crippen LogP contribution in [0, 0.1) is 17.5 Å². The number of ether oxygens (including phenoxy) is 1. The molecule has 3 rings (SSSR count). The first-order chi connectivity index (χ1) is 14.5. The summed E-state index contributed by atoms with van der Waals surface area (Å²) in [4.78, 5) is 24.2. The lowest BCUT2D eigenvalue weighted by Gasteiger charge is -2.11. The second-order valence-corrected chi connectivity index (χ2v) is 6.12. The van der Waals surface area contributed by atoms with E-state index in [0.29, 0.717) is 13.0 Å². The van der Waals surface area contributed by atoms with Gasteiger partial charge in [-0.3, -0.25) is 4.79 Å². The monoisotopic (exact) mass is 417 g/mol. The average Bonchev–Trinajstić information content (AvgIpc) is 2.73. The Balaban J connectivity index is 1.84. The number of amides is 1. The lowest BCUT2D eigenvalue weighted by Crippen LogP contribution is -2.17. The molecule has 0 saturated heterocycles. The molecule has 7 nitrogen and oxygen atoms in total. The Bertz CT molecular complexity index is 1030. The Labute approximate surface area is 170 Å². The fourth-order valence-corrected chi connectivity index (χ4v) is 2.59. The molecule has 0 fully saturated rings. The van der Waals surface area contributed by atoms with E-state index in [0.717, 1.165) is 36.9 Å². The molecule has 0 saturated carbocycles. The molecule has 10 heteroatoms. The molecule has 0 atom stereocenters. The van der Waals surface area contributed by atoms with Gasteiger partial charge in [-0.25, -0.2) is 23.1 Å². The summed E-state index contributed by atoms with van der Waals surface area (Å²) in [5.74, 6) is -3.55. The summed E-state index contributed by atoms with van der Waals surface area (Å²) in [6.07, 6.45) is 3.31. The molecule has 1 aromatic carbocycles. The number of nitrogens with zero attached hydrogens (tertiary/aromatic N) is 3. The number of rotatable bonds is 8. The van der Waals surface area contributed by atoms with E-state index in [9.17, 15) is 18.0 Å². The van der Waals surface area contributed by atoms with Crippen molar-refractivity contribution >= 4 is 11.6 Å². The molecule has 156 valence electrons. The van der Waals surface area contributed by atoms with Gasteiger partial charge in [0.15, 0.2) is 0 Å². The Morgan fingerprint density at radius 3 is 2.60 bits per heavy atom. The van der Waals surface area contributed by atoms with Crippen molar-refractivity contribution in [1.29, 1.82) is 0 Å². The number of halogens is 3. The highest BCUT2D eigenvalue weighted by molar-refractivity contribution is 6.03. The SMILES string of the molecule is CNCCCOc1ncncc1NC(=O)c1ccc(F)c(-c2c(F)cccc2F)n1. The van der Waals surface area contributed by atoms with Gasteiger partial charge in [0, 0.05) is 0 Å². The zero-order chi connectivity index (χ0) is 21.5. The Hall–Kier alpha value is -3.53. The summed E-state index contributed by atoms with van der Waals surface area (Å²) < 4.78 is 47.8. The molecule has 0 bridgehead atoms. The standard InChI is InChI=1S/C20H18F3N5O2/c1-24-8-3-9-30-20-16(10-25-11-26-20)28-19(29)15-7-6-14(23)18(27-15)17-12(21)4-2-5-13(17)22/h2,4-7,10-11,24H,3,8-9H2,1H3,(H,28,29). The van der Waals surface area contributed by atoms with Crippen LogP contribution in [0.2, 0.25) is 0 Å². The second-order valence-electron chi connectivity index (χ2n) is 6.12. The van der Waals surface area contributed by atoms with Gasteiger partial charge in [-0.05, 0) is 44.3 Å². The third kappa shape index (κ3) is 4.90. The van der Waals surface area contributed by atoms with E-state index in [1.54, 1.807) is 0 Å². The van der Waals surface area contributed by atoms with Crippen molar-refractivity contribution in [3.8, 4) is 17.1 Å². The fraction of sp³-hybridized carbons (Fsp3) is 0.200. The van der Waals surface area contributed by atoms with Crippen LogP contribution >= 0.6 is 0 Å². The average molecular weight is 417 g/mol. The maximum absolute atomic E-state index is 14.2. The minimum atomic E-state index is -0.993. The van der Waals surface area contributed by atoms with Gasteiger partial charge in [0.05, 0.1) is 18.4 Å². The highest BCUT2D eigenvalue weighted by Crippen LogP contribution is 2.27. The van der Waals surface area contributed by atoms with Crippen LogP contribution < -0.4 is 15.4 Å². The van der Waals surface area contributed by atoms with Crippen LogP contribution in [0.1, 0.15) is 16.9 Å². The van der Waals surface area contributed by atoms with E-state index in [4.69, 9.17) is 4.74 Å². The van der Waals surface area contributed by atoms with Gasteiger partial charge in [0.1, 0.15) is 40.9 Å². The predicted molar refractivity (Wildman–Crippen MR) is 104 cm³/mol. The number of anilines is 1. The quantitative estimate of drug-likeness (QED) is 0.548. The third-order valence-electron chi connectivity index (χ3n) is 4.01. The fourth-order valence-electron chi connectivity index (χ4n) is 2.59. The minimum absolute atomic E-state index is 0.150. The normalized spacial score (nSPS) is 10.7. The summed E-state index contributed by atoms with van der Waals surface area (Å²) >= 11 is 0. The van der Waals surface area contributed by atoms with E-state index in [-0.39, 0.29) is 17.3 Å². The largest absolute Gasteiger partial charge is 0.476 e. The molecular formula is C20H18F3N5O2. The summed E-state index contributed by atoms with van der Waals surface area (Å²) in [7, 11) is 1.81. The Morgan fingerprint density at radius 2 is 1.87 bits per heavy atom. The molecule has 1 amide bonds. The van der Waals surface area contributed by atoms with Crippen LogP contribution in [0.4, 0.5) is 18.9 Å². The van der Waals surface area contributed by atoms with Crippen molar-refractivity contribution in [2.45, 2.75) is 6.42 Å². The number of benzene rings is 1. The van der Waals surface area contributed by atoms with Crippen LogP contribution in [-0.4, -0.2) is 41.1 Å². The summed E-state index contributed by atoms with van der Waals surface area (Å²) in [5.41, 5.74) is -1.33. The first kappa shape index (κ1) is 21.2. The van der Waals surface area contributed by atoms with E-state index in [2.05, 4.69) is 25.6 Å². The van der Waals surface area contributed by atoms with Crippen LogP contribution in [-0.2, 0) is 0 Å². The highest BCUT2D eigenvalue weighted by atomic mass is 19.1. The van der Waals surface area contributed by atoms with Crippen LogP contribution in [0.15, 0.2) is 42.9 Å². The Kier molecular flexibility index (Phi) is 6.91. The molecule has 3 aromatic rings. The van der Waals surface area contributed by atoms with Gasteiger partial charge in [-0.1, -0.05) is 6.07 Å². The summed E-state index contributed by atoms with van der Waals surface area (Å²) in [6, 6.07) is 5.12. The molecular weight excluding hydrogens is 399 g/mol. The minimum Gasteiger partial charge on any atom is -0.476 e. The number of hydrogen-bond acceptors (Lipinski definition) is 6. The lowest BCUT2D eigenvalue weighted by atomic mass is 10.1. The first-order valence-corrected chi connectivity index (χ1v) is 9.01. The van der Waals surface area contributed by atoms with Crippen molar-refractivity contribution in [3.63, 3.8) is 0 Å². The van der Waals surface area contributed by atoms with Gasteiger partial charge >= 0.3 is 0 Å². The zero-order valence-electron chi connectivity index (χ0n) is 16.0. The summed E-state index contributed by atoms with van der Waals surface area (Å²) in [5, 5.41) is 5.50. The molecule has 2 heterocycles. The van der Waals surface area contributed by atoms with E-state index >= 15 is 0 Å². The molecule has 0 spiro atoms. The molecule has 0 aliphatic carbocycles. The molecule has 30 heavy (non-hydrogen) atoms. The first-order valence-electron chi connectivity index (χ1n) is 9.01. The highest BCUT2D eigenvalue weighted by Gasteiger charge is 2.20. The van der Waals surface area contributed by atoms with Crippen LogP contribution in [0.5, 0.6) is 5.88 Å². The number of carbonyl (C=O) groups excluding carboxylic acids is 1. The number of nitrogens with one attached hydrogen (secondary N) is 2. The van der Waals surface area contributed by atoms with E-state index in [1.165, 1.54) is 12.5 Å². The van der Waals surface area contributed by atoms with Crippen molar-refractivity contribution in [3.05, 3.63) is 66.0 Å². The Morgan fingerprint density at radius 1 is 1.10 bits per heavy atom. The van der Waals surface area contributed by atoms with Gasteiger partial charge in [0.2, 0.25) is 5.88 Å². The maximum atomic E-state index is 14.2. The van der Waals surface area contributed by atoms with Crippen molar-refractivity contribution in [2.75, 3.05) is 25.5 Å².